The van der Waals surface area contributed by atoms with Crippen molar-refractivity contribution in [2.24, 2.45) is 0 Å². The van der Waals surface area contributed by atoms with Crippen LogP contribution >= 0.6 is 11.8 Å². The molecule has 1 amide bonds. The number of benzene rings is 1. The number of esters is 1. The molecule has 1 aromatic rings. The Morgan fingerprint density at radius 1 is 1.30 bits per heavy atom. The summed E-state index contributed by atoms with van der Waals surface area (Å²) < 4.78 is 68.8. The van der Waals surface area contributed by atoms with E-state index in [1.807, 2.05) is 4.72 Å². The minimum Gasteiger partial charge on any atom is -0.467 e. The largest absolute Gasteiger partial charge is 0.467 e. The Balaban J connectivity index is 2.78. The monoisotopic (exact) mass is 428 g/mol. The van der Waals surface area contributed by atoms with Crippen LogP contribution in [0.25, 0.3) is 0 Å². The lowest BCUT2D eigenvalue weighted by molar-refractivity contribution is -0.145. The molecular weight excluding hydrogens is 409 g/mol. The highest BCUT2D eigenvalue weighted by atomic mass is 32.2. The van der Waals surface area contributed by atoms with Gasteiger partial charge in [-0.25, -0.2) is 17.9 Å². The number of thioether (sulfide) groups is 1. The van der Waals surface area contributed by atoms with E-state index in [9.17, 15) is 31.2 Å². The molecule has 0 saturated heterocycles. The molecule has 0 aliphatic heterocycles. The Labute approximate surface area is 159 Å². The maximum atomic E-state index is 12.7. The molecule has 0 aliphatic carbocycles. The molecule has 0 spiro atoms. The molecule has 27 heavy (non-hydrogen) atoms. The van der Waals surface area contributed by atoms with Gasteiger partial charge < -0.3 is 10.1 Å². The van der Waals surface area contributed by atoms with Gasteiger partial charge in [0.2, 0.25) is 15.9 Å². The number of carbonyl (C=O) groups excluding carboxylic acids is 2. The third-order valence-corrected chi connectivity index (χ3v) is 5.37. The van der Waals surface area contributed by atoms with Gasteiger partial charge in [0, 0.05) is 0 Å². The molecule has 1 unspecified atom stereocenters. The van der Waals surface area contributed by atoms with Crippen LogP contribution in [0.2, 0.25) is 0 Å². The number of nitrogens with one attached hydrogen (secondary N) is 2. The number of methoxy groups -OCH3 is 1. The number of alkyl halides is 3. The molecule has 2 N–H and O–H groups in total. The molecule has 0 aromatic heterocycles. The predicted octanol–water partition coefficient (Wildman–Crippen LogP) is 1.39. The molecule has 7 nitrogen and oxygen atoms in total. The molecule has 0 bridgehead atoms. The van der Waals surface area contributed by atoms with Gasteiger partial charge in [-0.1, -0.05) is 6.07 Å². The van der Waals surface area contributed by atoms with Crippen LogP contribution in [0.4, 0.5) is 13.2 Å². The van der Waals surface area contributed by atoms with Crippen LogP contribution in [-0.4, -0.2) is 52.0 Å². The van der Waals surface area contributed by atoms with Crippen LogP contribution in [0.1, 0.15) is 12.0 Å². The molecular formula is C15H19F3N2O5S2. The van der Waals surface area contributed by atoms with E-state index in [1.54, 1.807) is 6.26 Å². The fourth-order valence-corrected chi connectivity index (χ4v) is 3.45. The van der Waals surface area contributed by atoms with E-state index in [4.69, 9.17) is 0 Å². The maximum Gasteiger partial charge on any atom is 0.416 e. The fraction of sp³-hybridized carbons (Fsp3) is 0.467. The summed E-state index contributed by atoms with van der Waals surface area (Å²) in [5, 5.41) is 2.33. The molecule has 1 aromatic carbocycles. The van der Waals surface area contributed by atoms with Crippen molar-refractivity contribution in [1.82, 2.24) is 10.0 Å². The van der Waals surface area contributed by atoms with Crippen LogP contribution < -0.4 is 10.0 Å². The standard InChI is InChI=1S/C15H19F3N2O5S2/c1-25-14(22)12(6-7-26-2)20-13(21)9-19-27(23,24)11-5-3-4-10(8-11)15(16,17)18/h3-5,8,12,19H,6-7,9H2,1-2H3,(H,20,21). The smallest absolute Gasteiger partial charge is 0.416 e. The molecule has 1 atom stereocenters. The number of rotatable bonds is 9. The van der Waals surface area contributed by atoms with Crippen LogP contribution in [0.3, 0.4) is 0 Å². The van der Waals surface area contributed by atoms with E-state index in [-0.39, 0.29) is 6.42 Å². The normalized spacial score (nSPS) is 13.1. The second-order valence-electron chi connectivity index (χ2n) is 5.27. The van der Waals surface area contributed by atoms with Crippen molar-refractivity contribution in [1.29, 1.82) is 0 Å². The maximum absolute atomic E-state index is 12.7. The zero-order valence-corrected chi connectivity index (χ0v) is 16.1. The Kier molecular flexibility index (Phi) is 8.57. The van der Waals surface area contributed by atoms with Gasteiger partial charge in [0.1, 0.15) is 6.04 Å². The van der Waals surface area contributed by atoms with Crippen LogP contribution in [-0.2, 0) is 30.5 Å². The van der Waals surface area contributed by atoms with Crippen molar-refractivity contribution in [3.63, 3.8) is 0 Å². The quantitative estimate of drug-likeness (QED) is 0.577. The minimum absolute atomic E-state index is 0.278. The first-order valence-corrected chi connectivity index (χ1v) is 10.4. The lowest BCUT2D eigenvalue weighted by Gasteiger charge is -2.16. The molecule has 0 radical (unpaired) electrons. The van der Waals surface area contributed by atoms with Gasteiger partial charge in [-0.05, 0) is 36.6 Å². The van der Waals surface area contributed by atoms with Crippen LogP contribution in [0.15, 0.2) is 29.2 Å². The van der Waals surface area contributed by atoms with E-state index >= 15 is 0 Å². The van der Waals surface area contributed by atoms with E-state index in [2.05, 4.69) is 10.1 Å². The van der Waals surface area contributed by atoms with Gasteiger partial charge >= 0.3 is 12.1 Å². The lowest BCUT2D eigenvalue weighted by Crippen LogP contribution is -2.46. The average molecular weight is 428 g/mol. The number of hydrogen-bond donors (Lipinski definition) is 2. The molecule has 0 heterocycles. The van der Waals surface area contributed by atoms with Gasteiger partial charge in [0.15, 0.2) is 0 Å². The Hall–Kier alpha value is -1.79. The van der Waals surface area contributed by atoms with Crippen LogP contribution in [0.5, 0.6) is 0 Å². The summed E-state index contributed by atoms with van der Waals surface area (Å²) in [6.45, 7) is -0.745. The zero-order chi connectivity index (χ0) is 20.7. The summed E-state index contributed by atoms with van der Waals surface area (Å²) in [6, 6.07) is 2.18. The summed E-state index contributed by atoms with van der Waals surface area (Å²) in [7, 11) is -3.20. The Morgan fingerprint density at radius 2 is 1.96 bits per heavy atom. The zero-order valence-electron chi connectivity index (χ0n) is 14.5. The molecule has 0 saturated carbocycles. The van der Waals surface area contributed by atoms with Gasteiger partial charge in [0.25, 0.3) is 0 Å². The highest BCUT2D eigenvalue weighted by molar-refractivity contribution is 7.98. The predicted molar refractivity (Wildman–Crippen MR) is 93.6 cm³/mol. The first kappa shape index (κ1) is 23.2. The SMILES string of the molecule is COC(=O)C(CCSC)NC(=O)CNS(=O)(=O)c1cccc(C(F)(F)F)c1. The Morgan fingerprint density at radius 3 is 2.52 bits per heavy atom. The lowest BCUT2D eigenvalue weighted by atomic mass is 10.2. The number of halogens is 3. The van der Waals surface area contributed by atoms with Gasteiger partial charge in [-0.15, -0.1) is 0 Å². The summed E-state index contributed by atoms with van der Waals surface area (Å²) in [4.78, 5) is 22.9. The molecule has 1 rings (SSSR count). The third kappa shape index (κ3) is 7.39. The van der Waals surface area contributed by atoms with Crippen molar-refractivity contribution in [3.8, 4) is 0 Å². The number of amides is 1. The number of hydrogen-bond acceptors (Lipinski definition) is 6. The molecule has 0 fully saturated rings. The third-order valence-electron chi connectivity index (χ3n) is 3.33. The summed E-state index contributed by atoms with van der Waals surface area (Å²) in [5.41, 5.74) is -1.13. The van der Waals surface area contributed by atoms with Crippen molar-refractivity contribution in [2.45, 2.75) is 23.5 Å². The molecule has 152 valence electrons. The first-order valence-electron chi connectivity index (χ1n) is 7.54. The topological polar surface area (TPSA) is 102 Å². The van der Waals surface area contributed by atoms with Gasteiger partial charge in [-0.3, -0.25) is 4.79 Å². The van der Waals surface area contributed by atoms with E-state index in [1.165, 1.54) is 11.8 Å². The van der Waals surface area contributed by atoms with Gasteiger partial charge in [0.05, 0.1) is 24.1 Å². The summed E-state index contributed by atoms with van der Waals surface area (Å²) in [6.07, 6.45) is -2.62. The summed E-state index contributed by atoms with van der Waals surface area (Å²) >= 11 is 1.44. The Bertz CT molecular complexity index is 769. The fourth-order valence-electron chi connectivity index (χ4n) is 1.96. The van der Waals surface area contributed by atoms with E-state index in [0.29, 0.717) is 11.8 Å². The molecule has 12 heteroatoms. The van der Waals surface area contributed by atoms with Crippen molar-refractivity contribution in [3.05, 3.63) is 29.8 Å². The van der Waals surface area contributed by atoms with E-state index < -0.39 is 51.1 Å². The average Bonchev–Trinajstić information content (AvgIpc) is 2.62. The molecule has 0 aliphatic rings. The number of carbonyl (C=O) groups is 2. The summed E-state index contributed by atoms with van der Waals surface area (Å²) in [5.74, 6) is -0.948. The van der Waals surface area contributed by atoms with Gasteiger partial charge in [-0.2, -0.15) is 24.9 Å². The van der Waals surface area contributed by atoms with Crippen LogP contribution in [0, 0.1) is 0 Å². The number of sulfonamides is 1. The van der Waals surface area contributed by atoms with Crippen molar-refractivity contribution >= 4 is 33.7 Å². The minimum atomic E-state index is -4.70. The second-order valence-corrected chi connectivity index (χ2v) is 8.03. The highest BCUT2D eigenvalue weighted by Gasteiger charge is 2.31. The highest BCUT2D eigenvalue weighted by Crippen LogP contribution is 2.30. The number of ether oxygens (including phenoxy) is 1. The first-order chi connectivity index (χ1) is 12.5. The van der Waals surface area contributed by atoms with Crippen molar-refractivity contribution < 1.29 is 35.9 Å². The second kappa shape index (κ2) is 9.95. The van der Waals surface area contributed by atoms with Crippen molar-refractivity contribution in [2.75, 3.05) is 25.7 Å². The van der Waals surface area contributed by atoms with E-state index in [0.717, 1.165) is 25.3 Å².